The number of nitrogens with zero attached hydrogens (tertiary/aromatic N) is 5. The average Bonchev–Trinajstić information content (AvgIpc) is 3.50. The molecule has 8 nitrogen and oxygen atoms in total. The van der Waals surface area contributed by atoms with Crippen LogP contribution < -0.4 is 10.4 Å². The lowest BCUT2D eigenvalue weighted by Crippen LogP contribution is -2.27. The number of imidazole rings is 1. The molecule has 0 radical (unpaired) electrons. The number of H-pyrrole nitrogens is 1. The fraction of sp³-hybridized carbons (Fsp3) is 0.435. The quantitative estimate of drug-likeness (QED) is 0.536. The second-order valence-electron chi connectivity index (χ2n) is 8.64. The number of fused-ring (bicyclic) bond motifs is 1. The summed E-state index contributed by atoms with van der Waals surface area (Å²) in [6.07, 6.45) is 8.21. The van der Waals surface area contributed by atoms with Gasteiger partial charge in [0.2, 0.25) is 0 Å². The third-order valence-electron chi connectivity index (χ3n) is 6.68. The van der Waals surface area contributed by atoms with E-state index >= 15 is 0 Å². The summed E-state index contributed by atoms with van der Waals surface area (Å²) in [5.41, 5.74) is 5.11. The first-order valence-electron chi connectivity index (χ1n) is 10.8. The summed E-state index contributed by atoms with van der Waals surface area (Å²) >= 11 is 0. The van der Waals surface area contributed by atoms with Crippen molar-refractivity contribution in [2.24, 2.45) is 20.0 Å². The molecule has 0 spiro atoms. The predicted octanol–water partition coefficient (Wildman–Crippen LogP) is 3.45. The van der Waals surface area contributed by atoms with Crippen LogP contribution in [0.3, 0.4) is 0 Å². The summed E-state index contributed by atoms with van der Waals surface area (Å²) in [4.78, 5) is 12.9. The van der Waals surface area contributed by atoms with E-state index in [-0.39, 0.29) is 5.69 Å². The smallest absolute Gasteiger partial charge is 0.328 e. The molecule has 31 heavy (non-hydrogen) atoms. The molecule has 0 aliphatic heterocycles. The number of aromatic amines is 1. The molecule has 1 fully saturated rings. The van der Waals surface area contributed by atoms with E-state index in [0.29, 0.717) is 11.8 Å². The zero-order chi connectivity index (χ0) is 21.5. The van der Waals surface area contributed by atoms with E-state index in [1.54, 1.807) is 16.4 Å². The molecule has 1 saturated carbocycles. The lowest BCUT2D eigenvalue weighted by molar-refractivity contribution is 0.291. The first kappa shape index (κ1) is 19.7. The van der Waals surface area contributed by atoms with E-state index in [1.165, 1.54) is 5.69 Å². The van der Waals surface area contributed by atoms with Crippen molar-refractivity contribution in [1.82, 2.24) is 29.1 Å². The van der Waals surface area contributed by atoms with E-state index in [4.69, 9.17) is 4.74 Å². The molecule has 1 N–H and O–H groups in total. The summed E-state index contributed by atoms with van der Waals surface area (Å²) in [6.45, 7) is 0.750. The maximum Gasteiger partial charge on any atom is 0.328 e. The molecule has 0 amide bonds. The van der Waals surface area contributed by atoms with Crippen molar-refractivity contribution < 1.29 is 4.74 Å². The maximum atomic E-state index is 12.9. The maximum absolute atomic E-state index is 12.9. The largest absolute Gasteiger partial charge is 0.497 e. The van der Waals surface area contributed by atoms with Crippen molar-refractivity contribution in [3.8, 4) is 17.0 Å². The molecular formula is C23H28N6O2. The Morgan fingerprint density at radius 3 is 2.65 bits per heavy atom. The van der Waals surface area contributed by atoms with Gasteiger partial charge in [0.25, 0.3) is 0 Å². The molecule has 162 valence electrons. The number of aryl methyl sites for hydroxylation is 2. The first-order chi connectivity index (χ1) is 15.0. The van der Waals surface area contributed by atoms with Crippen LogP contribution >= 0.6 is 0 Å². The van der Waals surface area contributed by atoms with Crippen molar-refractivity contribution in [2.45, 2.75) is 38.1 Å². The van der Waals surface area contributed by atoms with E-state index in [9.17, 15) is 4.79 Å². The van der Waals surface area contributed by atoms with Gasteiger partial charge in [0.05, 0.1) is 30.0 Å². The lowest BCUT2D eigenvalue weighted by Gasteiger charge is -2.28. The number of ether oxygens (including phenoxy) is 1. The van der Waals surface area contributed by atoms with Crippen molar-refractivity contribution in [3.05, 3.63) is 52.8 Å². The highest BCUT2D eigenvalue weighted by Gasteiger charge is 2.25. The summed E-state index contributed by atoms with van der Waals surface area (Å²) < 4.78 is 10.8. The van der Waals surface area contributed by atoms with Crippen LogP contribution in [0.15, 0.2) is 41.5 Å². The van der Waals surface area contributed by atoms with Crippen LogP contribution in [0.1, 0.15) is 37.3 Å². The second kappa shape index (κ2) is 7.76. The van der Waals surface area contributed by atoms with Gasteiger partial charge in [-0.05, 0) is 49.8 Å². The fourth-order valence-corrected chi connectivity index (χ4v) is 4.85. The Bertz CT molecular complexity index is 1270. The zero-order valence-corrected chi connectivity index (χ0v) is 18.2. The zero-order valence-electron chi connectivity index (χ0n) is 18.2. The van der Waals surface area contributed by atoms with Crippen LogP contribution in [0.4, 0.5) is 0 Å². The van der Waals surface area contributed by atoms with Gasteiger partial charge in [0.1, 0.15) is 5.75 Å². The number of benzene rings is 1. The molecule has 1 aromatic carbocycles. The van der Waals surface area contributed by atoms with Gasteiger partial charge in [-0.25, -0.2) is 4.79 Å². The molecule has 0 bridgehead atoms. The van der Waals surface area contributed by atoms with Crippen LogP contribution in [0.5, 0.6) is 5.75 Å². The SMILES string of the molecule is COc1ccc2c(c1)n(CC1CCC(c3cc(-c4cnn(C)c4)n[nH]3)CC1)c(=O)n2C. The number of hydrogen-bond donors (Lipinski definition) is 1. The van der Waals surface area contributed by atoms with Gasteiger partial charge < -0.3 is 4.74 Å². The molecule has 3 aromatic heterocycles. The topological polar surface area (TPSA) is 82.7 Å². The van der Waals surface area contributed by atoms with Gasteiger partial charge in [-0.15, -0.1) is 0 Å². The molecule has 0 unspecified atom stereocenters. The van der Waals surface area contributed by atoms with Crippen LogP contribution in [-0.2, 0) is 20.6 Å². The third-order valence-corrected chi connectivity index (χ3v) is 6.68. The Kier molecular flexibility index (Phi) is 4.92. The Labute approximate surface area is 180 Å². The van der Waals surface area contributed by atoms with Crippen molar-refractivity contribution in [3.63, 3.8) is 0 Å². The van der Waals surface area contributed by atoms with Crippen LogP contribution in [-0.4, -0.2) is 36.2 Å². The molecule has 4 aromatic rings. The first-order valence-corrected chi connectivity index (χ1v) is 10.8. The highest BCUT2D eigenvalue weighted by molar-refractivity contribution is 5.77. The minimum absolute atomic E-state index is 0.0417. The van der Waals surface area contributed by atoms with Crippen molar-refractivity contribution in [1.29, 1.82) is 0 Å². The minimum Gasteiger partial charge on any atom is -0.497 e. The fourth-order valence-electron chi connectivity index (χ4n) is 4.85. The molecule has 5 rings (SSSR count). The lowest BCUT2D eigenvalue weighted by atomic mass is 9.80. The average molecular weight is 421 g/mol. The minimum atomic E-state index is 0.0417. The Hall–Kier alpha value is -3.29. The number of nitrogens with one attached hydrogen (secondary N) is 1. The predicted molar refractivity (Wildman–Crippen MR) is 119 cm³/mol. The standard InChI is InChI=1S/C23H28N6O2/c1-27-14-17(12-24-27)20-11-19(25-26-20)16-6-4-15(5-7-16)13-29-22-10-18(31-3)8-9-21(22)28(2)23(29)30/h8-12,14-16H,4-7,13H2,1-3H3,(H,25,26). The van der Waals surface area contributed by atoms with Gasteiger partial charge >= 0.3 is 5.69 Å². The van der Waals surface area contributed by atoms with Crippen LogP contribution in [0, 0.1) is 5.92 Å². The monoisotopic (exact) mass is 420 g/mol. The van der Waals surface area contributed by atoms with Crippen LogP contribution in [0.25, 0.3) is 22.3 Å². The van der Waals surface area contributed by atoms with Crippen molar-refractivity contribution >= 4 is 11.0 Å². The van der Waals surface area contributed by atoms with Gasteiger partial charge in [-0.3, -0.25) is 18.9 Å². The molecule has 1 aliphatic rings. The highest BCUT2D eigenvalue weighted by atomic mass is 16.5. The second-order valence-corrected chi connectivity index (χ2v) is 8.64. The molecule has 8 heteroatoms. The van der Waals surface area contributed by atoms with E-state index < -0.39 is 0 Å². The van der Waals surface area contributed by atoms with E-state index in [2.05, 4.69) is 21.4 Å². The normalized spacial score (nSPS) is 19.2. The van der Waals surface area contributed by atoms with Gasteiger partial charge in [0.15, 0.2) is 0 Å². The van der Waals surface area contributed by atoms with Gasteiger partial charge in [0, 0.05) is 50.1 Å². The van der Waals surface area contributed by atoms with E-state index in [0.717, 1.165) is 60.3 Å². The molecule has 3 heterocycles. The van der Waals surface area contributed by atoms with E-state index in [1.807, 2.05) is 49.3 Å². The van der Waals surface area contributed by atoms with Crippen molar-refractivity contribution in [2.75, 3.05) is 7.11 Å². The van der Waals surface area contributed by atoms with Crippen LogP contribution in [0.2, 0.25) is 0 Å². The Morgan fingerprint density at radius 1 is 1.13 bits per heavy atom. The summed E-state index contributed by atoms with van der Waals surface area (Å²) in [6, 6.07) is 7.99. The number of rotatable bonds is 5. The summed E-state index contributed by atoms with van der Waals surface area (Å²) in [5.74, 6) is 1.75. The Morgan fingerprint density at radius 2 is 1.94 bits per heavy atom. The number of aromatic nitrogens is 6. The molecule has 1 aliphatic carbocycles. The third kappa shape index (κ3) is 3.56. The Balaban J connectivity index is 1.29. The molecule has 0 saturated heterocycles. The molecular weight excluding hydrogens is 392 g/mol. The highest BCUT2D eigenvalue weighted by Crippen LogP contribution is 2.37. The summed E-state index contributed by atoms with van der Waals surface area (Å²) in [7, 11) is 5.40. The number of methoxy groups -OCH3 is 1. The number of hydrogen-bond acceptors (Lipinski definition) is 4. The molecule has 0 atom stereocenters. The van der Waals surface area contributed by atoms with Gasteiger partial charge in [-0.2, -0.15) is 10.2 Å². The van der Waals surface area contributed by atoms with Gasteiger partial charge in [-0.1, -0.05) is 0 Å². The summed E-state index contributed by atoms with van der Waals surface area (Å²) in [5, 5.41) is 12.0.